The van der Waals surface area contributed by atoms with Gasteiger partial charge in [-0.3, -0.25) is 5.43 Å². The number of rotatable bonds is 3. The largest absolute Gasteiger partial charge is 0.252 e. The molecule has 2 heteroatoms. The predicted molar refractivity (Wildman–Crippen MR) is 69.1 cm³/mol. The predicted octanol–water partition coefficient (Wildman–Crippen LogP) is 3.19. The molecule has 2 nitrogen and oxygen atoms in total. The van der Waals surface area contributed by atoms with Crippen LogP contribution < -0.4 is 5.43 Å². The Morgan fingerprint density at radius 3 is 2.12 bits per heavy atom. The average Bonchev–Trinajstić information content (AvgIpc) is 2.31. The highest BCUT2D eigenvalue weighted by Crippen LogP contribution is 2.30. The minimum absolute atomic E-state index is 0.771. The zero-order valence-corrected chi connectivity index (χ0v) is 11.0. The van der Waals surface area contributed by atoms with Gasteiger partial charge in [-0.05, 0) is 50.4 Å². The summed E-state index contributed by atoms with van der Waals surface area (Å²) in [7, 11) is 0. The third kappa shape index (κ3) is 3.46. The zero-order valence-electron chi connectivity index (χ0n) is 11.0. The van der Waals surface area contributed by atoms with Crippen LogP contribution in [0.4, 0.5) is 0 Å². The highest BCUT2D eigenvalue weighted by atomic mass is 15.5. The Balaban J connectivity index is 1.68. The molecule has 1 aliphatic heterocycles. The van der Waals surface area contributed by atoms with Crippen LogP contribution in [0.1, 0.15) is 58.8 Å². The lowest BCUT2D eigenvalue weighted by atomic mass is 9.80. The molecule has 0 spiro atoms. The lowest BCUT2D eigenvalue weighted by Crippen LogP contribution is -2.48. The first-order chi connectivity index (χ1) is 7.75. The lowest BCUT2D eigenvalue weighted by Gasteiger charge is -2.36. The second-order valence-electron chi connectivity index (χ2n) is 6.03. The summed E-state index contributed by atoms with van der Waals surface area (Å²) >= 11 is 0. The van der Waals surface area contributed by atoms with Gasteiger partial charge in [-0.2, -0.15) is 0 Å². The minimum Gasteiger partial charge on any atom is -0.252 e. The van der Waals surface area contributed by atoms with Crippen LogP contribution >= 0.6 is 0 Å². The monoisotopic (exact) mass is 224 g/mol. The standard InChI is InChI=1S/C14H28N2/c1-12(2)13-6-8-14(9-7-13)15-16-10-4-3-5-11-16/h12-15H,3-11H2,1-2H3. The molecule has 1 heterocycles. The quantitative estimate of drug-likeness (QED) is 0.792. The van der Waals surface area contributed by atoms with Crippen LogP contribution in [0.3, 0.4) is 0 Å². The number of hydrogen-bond acceptors (Lipinski definition) is 2. The van der Waals surface area contributed by atoms with Crippen molar-refractivity contribution in [3.63, 3.8) is 0 Å². The van der Waals surface area contributed by atoms with Crippen molar-refractivity contribution in [1.82, 2.24) is 10.4 Å². The van der Waals surface area contributed by atoms with Gasteiger partial charge < -0.3 is 0 Å². The summed E-state index contributed by atoms with van der Waals surface area (Å²) < 4.78 is 0. The molecule has 0 amide bonds. The molecule has 0 unspecified atom stereocenters. The van der Waals surface area contributed by atoms with Crippen LogP contribution in [0.15, 0.2) is 0 Å². The molecular weight excluding hydrogens is 196 g/mol. The number of hydrogen-bond donors (Lipinski definition) is 1. The van der Waals surface area contributed by atoms with E-state index in [2.05, 4.69) is 24.3 Å². The second kappa shape index (κ2) is 6.02. The summed E-state index contributed by atoms with van der Waals surface area (Å²) in [6.07, 6.45) is 9.84. The van der Waals surface area contributed by atoms with E-state index in [9.17, 15) is 0 Å². The Kier molecular flexibility index (Phi) is 4.66. The minimum atomic E-state index is 0.771. The van der Waals surface area contributed by atoms with Gasteiger partial charge in [0, 0.05) is 19.1 Å². The summed E-state index contributed by atoms with van der Waals surface area (Å²) in [5.41, 5.74) is 3.75. The maximum atomic E-state index is 3.75. The average molecular weight is 224 g/mol. The van der Waals surface area contributed by atoms with Crippen LogP contribution in [-0.2, 0) is 0 Å². The van der Waals surface area contributed by atoms with Crippen molar-refractivity contribution in [2.75, 3.05) is 13.1 Å². The van der Waals surface area contributed by atoms with Crippen molar-refractivity contribution in [3.05, 3.63) is 0 Å². The smallest absolute Gasteiger partial charge is 0.0215 e. The summed E-state index contributed by atoms with van der Waals surface area (Å²) in [6.45, 7) is 7.29. The van der Waals surface area contributed by atoms with Crippen molar-refractivity contribution in [2.45, 2.75) is 64.8 Å². The molecule has 0 radical (unpaired) electrons. The Hall–Kier alpha value is -0.0800. The Labute approximate surface area is 101 Å². The molecule has 0 aromatic rings. The number of nitrogens with zero attached hydrogens (tertiary/aromatic N) is 1. The van der Waals surface area contributed by atoms with Crippen LogP contribution in [0.25, 0.3) is 0 Å². The molecule has 2 fully saturated rings. The van der Waals surface area contributed by atoms with E-state index in [1.807, 2.05) is 0 Å². The highest BCUT2D eigenvalue weighted by Gasteiger charge is 2.24. The Bertz CT molecular complexity index is 189. The Morgan fingerprint density at radius 2 is 1.56 bits per heavy atom. The number of piperidine rings is 1. The van der Waals surface area contributed by atoms with E-state index in [-0.39, 0.29) is 0 Å². The van der Waals surface area contributed by atoms with Crippen molar-refractivity contribution in [1.29, 1.82) is 0 Å². The van der Waals surface area contributed by atoms with Crippen LogP contribution in [0.2, 0.25) is 0 Å². The van der Waals surface area contributed by atoms with Gasteiger partial charge in [0.2, 0.25) is 0 Å². The molecule has 0 bridgehead atoms. The number of hydrazine groups is 1. The first-order valence-corrected chi connectivity index (χ1v) is 7.27. The molecule has 0 aromatic heterocycles. The van der Waals surface area contributed by atoms with Gasteiger partial charge in [0.1, 0.15) is 0 Å². The molecule has 0 atom stereocenters. The van der Waals surface area contributed by atoms with E-state index >= 15 is 0 Å². The zero-order chi connectivity index (χ0) is 11.4. The molecule has 2 rings (SSSR count). The summed E-state index contributed by atoms with van der Waals surface area (Å²) in [6, 6.07) is 0.771. The van der Waals surface area contributed by atoms with Gasteiger partial charge >= 0.3 is 0 Å². The molecule has 1 aliphatic carbocycles. The van der Waals surface area contributed by atoms with Gasteiger partial charge in [0.15, 0.2) is 0 Å². The molecule has 1 saturated carbocycles. The van der Waals surface area contributed by atoms with E-state index < -0.39 is 0 Å². The molecule has 1 saturated heterocycles. The maximum Gasteiger partial charge on any atom is 0.0215 e. The van der Waals surface area contributed by atoms with Gasteiger partial charge in [-0.25, -0.2) is 5.01 Å². The normalized spacial score (nSPS) is 33.2. The SMILES string of the molecule is CC(C)C1CCC(NN2CCCCC2)CC1. The van der Waals surface area contributed by atoms with Crippen LogP contribution in [-0.4, -0.2) is 24.1 Å². The van der Waals surface area contributed by atoms with Crippen LogP contribution in [0.5, 0.6) is 0 Å². The van der Waals surface area contributed by atoms with E-state index in [1.54, 1.807) is 0 Å². The molecule has 0 aromatic carbocycles. The number of nitrogens with one attached hydrogen (secondary N) is 1. The fraction of sp³-hybridized carbons (Fsp3) is 1.00. The topological polar surface area (TPSA) is 15.3 Å². The summed E-state index contributed by atoms with van der Waals surface area (Å²) in [4.78, 5) is 0. The van der Waals surface area contributed by atoms with E-state index in [4.69, 9.17) is 0 Å². The molecular formula is C14H28N2. The van der Waals surface area contributed by atoms with Gasteiger partial charge in [-0.15, -0.1) is 0 Å². The van der Waals surface area contributed by atoms with Gasteiger partial charge in [0.05, 0.1) is 0 Å². The van der Waals surface area contributed by atoms with Gasteiger partial charge in [0.25, 0.3) is 0 Å². The van der Waals surface area contributed by atoms with E-state index in [1.165, 1.54) is 58.0 Å². The first kappa shape index (κ1) is 12.4. The summed E-state index contributed by atoms with van der Waals surface area (Å²) in [5.74, 6) is 1.87. The molecule has 2 aliphatic rings. The fourth-order valence-electron chi connectivity index (χ4n) is 3.20. The molecule has 94 valence electrons. The van der Waals surface area contributed by atoms with Gasteiger partial charge in [-0.1, -0.05) is 20.3 Å². The second-order valence-corrected chi connectivity index (χ2v) is 6.03. The highest BCUT2D eigenvalue weighted by molar-refractivity contribution is 4.78. The van der Waals surface area contributed by atoms with E-state index in [0.29, 0.717) is 0 Å². The van der Waals surface area contributed by atoms with E-state index in [0.717, 1.165) is 17.9 Å². The third-order valence-corrected chi connectivity index (χ3v) is 4.44. The van der Waals surface area contributed by atoms with Crippen molar-refractivity contribution in [3.8, 4) is 0 Å². The van der Waals surface area contributed by atoms with Crippen molar-refractivity contribution >= 4 is 0 Å². The lowest BCUT2D eigenvalue weighted by molar-refractivity contribution is 0.101. The van der Waals surface area contributed by atoms with Crippen molar-refractivity contribution < 1.29 is 0 Å². The summed E-state index contributed by atoms with van der Waals surface area (Å²) in [5, 5.41) is 2.48. The maximum absolute atomic E-state index is 3.75. The first-order valence-electron chi connectivity index (χ1n) is 7.27. The van der Waals surface area contributed by atoms with Crippen LogP contribution in [0, 0.1) is 11.8 Å². The molecule has 16 heavy (non-hydrogen) atoms. The molecule has 1 N–H and O–H groups in total. The fourth-order valence-corrected chi connectivity index (χ4v) is 3.20. The Morgan fingerprint density at radius 1 is 0.938 bits per heavy atom. The third-order valence-electron chi connectivity index (χ3n) is 4.44. The van der Waals surface area contributed by atoms with Crippen molar-refractivity contribution in [2.24, 2.45) is 11.8 Å².